The zero-order valence-corrected chi connectivity index (χ0v) is 10.2. The van der Waals surface area contributed by atoms with E-state index in [9.17, 15) is 4.79 Å². The Morgan fingerprint density at radius 3 is 2.67 bits per heavy atom. The van der Waals surface area contributed by atoms with Gasteiger partial charge in [-0.15, -0.1) is 0 Å². The first-order chi connectivity index (χ1) is 6.99. The summed E-state index contributed by atoms with van der Waals surface area (Å²) in [5.41, 5.74) is 6.14. The first-order valence-corrected chi connectivity index (χ1v) is 5.46. The van der Waals surface area contributed by atoms with Gasteiger partial charge in [-0.1, -0.05) is 0 Å². The minimum Gasteiger partial charge on any atom is -0.382 e. The van der Waals surface area contributed by atoms with Crippen LogP contribution in [0.4, 0.5) is 10.8 Å². The van der Waals surface area contributed by atoms with Crippen molar-refractivity contribution >= 4 is 28.3 Å². The van der Waals surface area contributed by atoms with Gasteiger partial charge in [0, 0.05) is 20.1 Å². The molecule has 1 heterocycles. The molecular formula is C9H16N4OS. The molecular weight excluding hydrogens is 212 g/mol. The predicted octanol–water partition coefficient (Wildman–Crippen LogP) is 0.929. The van der Waals surface area contributed by atoms with Gasteiger partial charge < -0.3 is 16.0 Å². The van der Waals surface area contributed by atoms with Crippen molar-refractivity contribution in [3.05, 3.63) is 5.56 Å². The Balaban J connectivity index is 3.14. The van der Waals surface area contributed by atoms with Gasteiger partial charge in [-0.25, -0.2) is 0 Å². The third-order valence-corrected chi connectivity index (χ3v) is 3.20. The van der Waals surface area contributed by atoms with Gasteiger partial charge in [-0.2, -0.15) is 4.37 Å². The zero-order chi connectivity index (χ0) is 11.6. The number of nitrogens with one attached hydrogen (secondary N) is 1. The molecule has 1 amide bonds. The van der Waals surface area contributed by atoms with Crippen molar-refractivity contribution in [1.82, 2.24) is 9.69 Å². The van der Waals surface area contributed by atoms with E-state index >= 15 is 0 Å². The lowest BCUT2D eigenvalue weighted by atomic mass is 10.2. The maximum atomic E-state index is 11.6. The number of carbonyl (C=O) groups excluding carboxylic acids is 1. The second kappa shape index (κ2) is 4.48. The molecule has 5 nitrogen and oxygen atoms in total. The number of nitrogen functional groups attached to an aromatic ring is 1. The SMILES string of the molecule is CNC(=O)c1c(N)nsc1N(C)C(C)C. The Bertz CT molecular complexity index is 361. The molecule has 6 heteroatoms. The van der Waals surface area contributed by atoms with Crippen molar-refractivity contribution in [1.29, 1.82) is 0 Å². The number of nitrogens with two attached hydrogens (primary N) is 1. The van der Waals surface area contributed by atoms with Crippen molar-refractivity contribution in [2.75, 3.05) is 24.7 Å². The molecule has 3 N–H and O–H groups in total. The molecule has 0 spiro atoms. The van der Waals surface area contributed by atoms with Gasteiger partial charge in [-0.3, -0.25) is 4.79 Å². The predicted molar refractivity (Wildman–Crippen MR) is 63.5 cm³/mol. The average molecular weight is 228 g/mol. The molecule has 0 radical (unpaired) electrons. The number of carbonyl (C=O) groups is 1. The molecule has 84 valence electrons. The Hall–Kier alpha value is -1.30. The molecule has 0 fully saturated rings. The topological polar surface area (TPSA) is 71.2 Å². The summed E-state index contributed by atoms with van der Waals surface area (Å²) in [6.45, 7) is 4.09. The highest BCUT2D eigenvalue weighted by atomic mass is 32.1. The van der Waals surface area contributed by atoms with Gasteiger partial charge in [0.15, 0.2) is 5.82 Å². The van der Waals surface area contributed by atoms with Crippen molar-refractivity contribution in [2.24, 2.45) is 0 Å². The molecule has 0 unspecified atom stereocenters. The maximum Gasteiger partial charge on any atom is 0.257 e. The molecule has 1 aromatic heterocycles. The standard InChI is InChI=1S/C9H16N4OS/c1-5(2)13(4)9-6(8(14)11-3)7(10)12-15-9/h5H,1-4H3,(H2,10,12)(H,11,14). The van der Waals surface area contributed by atoms with Crippen LogP contribution in [0.25, 0.3) is 0 Å². The first-order valence-electron chi connectivity index (χ1n) is 4.69. The Labute approximate surface area is 93.4 Å². The molecule has 0 aromatic carbocycles. The number of anilines is 2. The van der Waals surface area contributed by atoms with E-state index < -0.39 is 0 Å². The number of amides is 1. The second-order valence-corrected chi connectivity index (χ2v) is 4.28. The fourth-order valence-electron chi connectivity index (χ4n) is 1.11. The largest absolute Gasteiger partial charge is 0.382 e. The summed E-state index contributed by atoms with van der Waals surface area (Å²) >= 11 is 1.25. The van der Waals surface area contributed by atoms with Crippen LogP contribution in [0.5, 0.6) is 0 Å². The first kappa shape index (κ1) is 11.8. The van der Waals surface area contributed by atoms with E-state index in [1.165, 1.54) is 11.5 Å². The van der Waals surface area contributed by atoms with Crippen molar-refractivity contribution in [3.8, 4) is 0 Å². The van der Waals surface area contributed by atoms with Gasteiger partial charge >= 0.3 is 0 Å². The maximum absolute atomic E-state index is 11.6. The fourth-order valence-corrected chi connectivity index (χ4v) is 2.01. The summed E-state index contributed by atoms with van der Waals surface area (Å²) in [7, 11) is 3.50. The summed E-state index contributed by atoms with van der Waals surface area (Å²) in [6.07, 6.45) is 0. The molecule has 0 aliphatic carbocycles. The average Bonchev–Trinajstić information content (AvgIpc) is 2.57. The summed E-state index contributed by atoms with van der Waals surface area (Å²) < 4.78 is 4.01. The Morgan fingerprint density at radius 1 is 1.60 bits per heavy atom. The lowest BCUT2D eigenvalue weighted by molar-refractivity contribution is 0.0964. The summed E-state index contributed by atoms with van der Waals surface area (Å²) in [5, 5.41) is 3.37. The molecule has 15 heavy (non-hydrogen) atoms. The quantitative estimate of drug-likeness (QED) is 0.807. The molecule has 1 rings (SSSR count). The highest BCUT2D eigenvalue weighted by Crippen LogP contribution is 2.30. The lowest BCUT2D eigenvalue weighted by Crippen LogP contribution is -2.28. The molecule has 0 bridgehead atoms. The van der Waals surface area contributed by atoms with Gasteiger partial charge in [-0.05, 0) is 25.4 Å². The van der Waals surface area contributed by atoms with Gasteiger partial charge in [0.25, 0.3) is 5.91 Å². The second-order valence-electron chi connectivity index (χ2n) is 3.53. The Kier molecular flexibility index (Phi) is 3.52. The molecule has 0 aliphatic heterocycles. The van der Waals surface area contributed by atoms with Gasteiger partial charge in [0.05, 0.1) is 0 Å². The molecule has 0 saturated carbocycles. The van der Waals surface area contributed by atoms with E-state index in [1.54, 1.807) is 7.05 Å². The highest BCUT2D eigenvalue weighted by Gasteiger charge is 2.21. The third kappa shape index (κ3) is 2.20. The van der Waals surface area contributed by atoms with Crippen LogP contribution in [0.15, 0.2) is 0 Å². The van der Waals surface area contributed by atoms with Gasteiger partial charge in [0.2, 0.25) is 0 Å². The minimum absolute atomic E-state index is 0.191. The monoisotopic (exact) mass is 228 g/mol. The normalized spacial score (nSPS) is 10.5. The van der Waals surface area contributed by atoms with Gasteiger partial charge in [0.1, 0.15) is 10.6 Å². The number of rotatable bonds is 3. The van der Waals surface area contributed by atoms with Crippen LogP contribution < -0.4 is 16.0 Å². The van der Waals surface area contributed by atoms with Crippen LogP contribution in [0.1, 0.15) is 24.2 Å². The van der Waals surface area contributed by atoms with E-state index in [1.807, 2.05) is 25.8 Å². The minimum atomic E-state index is -0.191. The van der Waals surface area contributed by atoms with E-state index in [0.29, 0.717) is 17.4 Å². The molecule has 1 aromatic rings. The zero-order valence-electron chi connectivity index (χ0n) is 9.37. The van der Waals surface area contributed by atoms with Crippen LogP contribution in [-0.2, 0) is 0 Å². The number of aromatic nitrogens is 1. The van der Waals surface area contributed by atoms with Crippen molar-refractivity contribution in [3.63, 3.8) is 0 Å². The van der Waals surface area contributed by atoms with Crippen LogP contribution >= 0.6 is 11.5 Å². The smallest absolute Gasteiger partial charge is 0.257 e. The fraction of sp³-hybridized carbons (Fsp3) is 0.556. The summed E-state index contributed by atoms with van der Waals surface area (Å²) in [4.78, 5) is 13.6. The van der Waals surface area contributed by atoms with Crippen LogP contribution in [-0.4, -0.2) is 30.4 Å². The molecule has 0 atom stereocenters. The van der Waals surface area contributed by atoms with E-state index in [4.69, 9.17) is 5.73 Å². The summed E-state index contributed by atoms with van der Waals surface area (Å²) in [6, 6.07) is 0.299. The summed E-state index contributed by atoms with van der Waals surface area (Å²) in [5.74, 6) is 0.102. The van der Waals surface area contributed by atoms with E-state index in [0.717, 1.165) is 5.00 Å². The lowest BCUT2D eigenvalue weighted by Gasteiger charge is -2.22. The third-order valence-electron chi connectivity index (χ3n) is 2.25. The van der Waals surface area contributed by atoms with Crippen LogP contribution in [0.3, 0.4) is 0 Å². The van der Waals surface area contributed by atoms with Crippen molar-refractivity contribution in [2.45, 2.75) is 19.9 Å². The molecule has 0 aliphatic rings. The van der Waals surface area contributed by atoms with Crippen LogP contribution in [0, 0.1) is 0 Å². The van der Waals surface area contributed by atoms with E-state index in [-0.39, 0.29) is 5.91 Å². The number of hydrogen-bond donors (Lipinski definition) is 2. The number of hydrogen-bond acceptors (Lipinski definition) is 5. The Morgan fingerprint density at radius 2 is 2.20 bits per heavy atom. The highest BCUT2D eigenvalue weighted by molar-refractivity contribution is 7.11. The van der Waals surface area contributed by atoms with E-state index in [2.05, 4.69) is 9.69 Å². The van der Waals surface area contributed by atoms with Crippen molar-refractivity contribution < 1.29 is 4.79 Å². The van der Waals surface area contributed by atoms with Crippen LogP contribution in [0.2, 0.25) is 0 Å². The number of nitrogens with zero attached hydrogens (tertiary/aromatic N) is 2. The molecule has 0 saturated heterocycles.